The Hall–Kier alpha value is -3.66. The largest absolute Gasteiger partial charge is 0.366 e. The summed E-state index contributed by atoms with van der Waals surface area (Å²) in [6.45, 7) is 2.82. The highest BCUT2D eigenvalue weighted by atomic mass is 19.1. The zero-order chi connectivity index (χ0) is 19.3. The normalized spacial score (nSPS) is 13.9. The standard InChI is InChI=1S/C21H19FN6/c22-18-6-1-2-7-19(18)27-10-12-28(13-11-27)21-24-9-8-20(26-21)25-17-5-3-4-16(14-17)15-23/h1-9,14H,10-13H2,(H,24,25,26). The van der Waals surface area contributed by atoms with Crippen LogP contribution in [-0.4, -0.2) is 36.1 Å². The van der Waals surface area contributed by atoms with Crippen LogP contribution in [0.5, 0.6) is 0 Å². The maximum absolute atomic E-state index is 14.0. The van der Waals surface area contributed by atoms with Crippen LogP contribution in [0.4, 0.5) is 27.5 Å². The number of nitrogens with one attached hydrogen (secondary N) is 1. The van der Waals surface area contributed by atoms with Gasteiger partial charge in [-0.1, -0.05) is 18.2 Å². The lowest BCUT2D eigenvalue weighted by atomic mass is 10.2. The molecule has 0 unspecified atom stereocenters. The van der Waals surface area contributed by atoms with Crippen LogP contribution >= 0.6 is 0 Å². The second-order valence-corrected chi connectivity index (χ2v) is 6.48. The van der Waals surface area contributed by atoms with Crippen LogP contribution in [0.1, 0.15) is 5.56 Å². The van der Waals surface area contributed by atoms with Gasteiger partial charge in [-0.3, -0.25) is 0 Å². The Balaban J connectivity index is 1.44. The van der Waals surface area contributed by atoms with Gasteiger partial charge in [-0.25, -0.2) is 9.37 Å². The Labute approximate surface area is 162 Å². The first kappa shape index (κ1) is 17.7. The van der Waals surface area contributed by atoms with Crippen molar-refractivity contribution < 1.29 is 4.39 Å². The fraction of sp³-hybridized carbons (Fsp3) is 0.190. The molecule has 1 aliphatic rings. The number of anilines is 4. The summed E-state index contributed by atoms with van der Waals surface area (Å²) in [6, 6.07) is 18.0. The summed E-state index contributed by atoms with van der Waals surface area (Å²) < 4.78 is 14.0. The molecule has 0 radical (unpaired) electrons. The lowest BCUT2D eigenvalue weighted by molar-refractivity contribution is 0.594. The first-order valence-electron chi connectivity index (χ1n) is 9.07. The molecule has 0 spiro atoms. The number of benzene rings is 2. The zero-order valence-corrected chi connectivity index (χ0v) is 15.2. The molecule has 28 heavy (non-hydrogen) atoms. The lowest BCUT2D eigenvalue weighted by Crippen LogP contribution is -2.47. The minimum atomic E-state index is -0.196. The van der Waals surface area contributed by atoms with E-state index in [1.54, 1.807) is 36.5 Å². The maximum atomic E-state index is 14.0. The molecule has 1 fully saturated rings. The smallest absolute Gasteiger partial charge is 0.227 e. The third-order valence-electron chi connectivity index (χ3n) is 4.66. The molecule has 4 rings (SSSR count). The molecule has 1 saturated heterocycles. The van der Waals surface area contributed by atoms with E-state index in [1.165, 1.54) is 6.07 Å². The van der Waals surface area contributed by atoms with Crippen LogP contribution in [0.2, 0.25) is 0 Å². The molecule has 7 heteroatoms. The molecule has 0 saturated carbocycles. The second kappa shape index (κ2) is 7.92. The number of aromatic nitrogens is 2. The number of rotatable bonds is 4. The van der Waals surface area contributed by atoms with E-state index in [-0.39, 0.29) is 5.82 Å². The molecule has 0 bridgehead atoms. The van der Waals surface area contributed by atoms with Gasteiger partial charge in [0.15, 0.2) is 0 Å². The second-order valence-electron chi connectivity index (χ2n) is 6.48. The van der Waals surface area contributed by atoms with Crippen molar-refractivity contribution >= 4 is 23.1 Å². The summed E-state index contributed by atoms with van der Waals surface area (Å²) >= 11 is 0. The van der Waals surface area contributed by atoms with Gasteiger partial charge in [0.1, 0.15) is 11.6 Å². The summed E-state index contributed by atoms with van der Waals surface area (Å²) in [4.78, 5) is 13.1. The average molecular weight is 374 g/mol. The minimum absolute atomic E-state index is 0.196. The quantitative estimate of drug-likeness (QED) is 0.753. The molecule has 3 aromatic rings. The van der Waals surface area contributed by atoms with Gasteiger partial charge in [-0.15, -0.1) is 0 Å². The third-order valence-corrected chi connectivity index (χ3v) is 4.66. The van der Waals surface area contributed by atoms with E-state index in [2.05, 4.69) is 26.3 Å². The Morgan fingerprint density at radius 1 is 0.964 bits per heavy atom. The topological polar surface area (TPSA) is 68.1 Å². The van der Waals surface area contributed by atoms with Crippen LogP contribution in [0.3, 0.4) is 0 Å². The minimum Gasteiger partial charge on any atom is -0.366 e. The highest BCUT2D eigenvalue weighted by molar-refractivity contribution is 5.59. The predicted octanol–water partition coefficient (Wildman–Crippen LogP) is 3.56. The summed E-state index contributed by atoms with van der Waals surface area (Å²) in [6.07, 6.45) is 1.71. The number of hydrogen-bond acceptors (Lipinski definition) is 6. The van der Waals surface area contributed by atoms with Crippen molar-refractivity contribution in [3.63, 3.8) is 0 Å². The number of hydrogen-bond donors (Lipinski definition) is 1. The van der Waals surface area contributed by atoms with Crippen LogP contribution in [-0.2, 0) is 0 Å². The molecule has 1 N–H and O–H groups in total. The molecule has 140 valence electrons. The fourth-order valence-corrected chi connectivity index (χ4v) is 3.24. The van der Waals surface area contributed by atoms with Crippen molar-refractivity contribution in [2.45, 2.75) is 0 Å². The number of para-hydroxylation sites is 1. The van der Waals surface area contributed by atoms with E-state index in [1.807, 2.05) is 23.1 Å². The Morgan fingerprint density at radius 3 is 2.54 bits per heavy atom. The van der Waals surface area contributed by atoms with Gasteiger partial charge in [0.2, 0.25) is 5.95 Å². The first-order chi connectivity index (χ1) is 13.7. The van der Waals surface area contributed by atoms with Gasteiger partial charge >= 0.3 is 0 Å². The molecule has 6 nitrogen and oxygen atoms in total. The highest BCUT2D eigenvalue weighted by Crippen LogP contribution is 2.22. The van der Waals surface area contributed by atoms with Crippen LogP contribution in [0.15, 0.2) is 60.8 Å². The first-order valence-corrected chi connectivity index (χ1v) is 9.07. The van der Waals surface area contributed by atoms with E-state index in [9.17, 15) is 4.39 Å². The van der Waals surface area contributed by atoms with Crippen molar-refractivity contribution in [2.75, 3.05) is 41.3 Å². The van der Waals surface area contributed by atoms with Crippen molar-refractivity contribution in [1.82, 2.24) is 9.97 Å². The van der Waals surface area contributed by atoms with Gasteiger partial charge in [-0.05, 0) is 36.4 Å². The van der Waals surface area contributed by atoms with Gasteiger partial charge < -0.3 is 15.1 Å². The monoisotopic (exact) mass is 374 g/mol. The van der Waals surface area contributed by atoms with E-state index in [0.29, 0.717) is 49.2 Å². The molecule has 2 aromatic carbocycles. The molecule has 0 amide bonds. The van der Waals surface area contributed by atoms with E-state index < -0.39 is 0 Å². The number of halogens is 1. The molecular formula is C21H19FN6. The van der Waals surface area contributed by atoms with Crippen molar-refractivity contribution in [3.8, 4) is 6.07 Å². The van der Waals surface area contributed by atoms with E-state index in [0.717, 1.165) is 5.69 Å². The van der Waals surface area contributed by atoms with Crippen molar-refractivity contribution in [1.29, 1.82) is 5.26 Å². The van der Waals surface area contributed by atoms with Gasteiger partial charge in [0, 0.05) is 38.1 Å². The molecular weight excluding hydrogens is 355 g/mol. The van der Waals surface area contributed by atoms with Crippen LogP contribution in [0.25, 0.3) is 0 Å². The summed E-state index contributed by atoms with van der Waals surface area (Å²) in [5.41, 5.74) is 2.02. The Kier molecular flexibility index (Phi) is 5.02. The maximum Gasteiger partial charge on any atom is 0.227 e. The van der Waals surface area contributed by atoms with E-state index >= 15 is 0 Å². The van der Waals surface area contributed by atoms with Crippen molar-refractivity contribution in [2.24, 2.45) is 0 Å². The summed E-state index contributed by atoms with van der Waals surface area (Å²) in [5.74, 6) is 1.10. The molecule has 1 aliphatic heterocycles. The Bertz CT molecular complexity index is 1010. The molecule has 2 heterocycles. The fourth-order valence-electron chi connectivity index (χ4n) is 3.24. The summed E-state index contributed by atoms with van der Waals surface area (Å²) in [5, 5.41) is 12.2. The van der Waals surface area contributed by atoms with Crippen LogP contribution in [0, 0.1) is 17.1 Å². The molecule has 0 aliphatic carbocycles. The zero-order valence-electron chi connectivity index (χ0n) is 15.2. The predicted molar refractivity (Wildman–Crippen MR) is 107 cm³/mol. The van der Waals surface area contributed by atoms with E-state index in [4.69, 9.17) is 5.26 Å². The third kappa shape index (κ3) is 3.86. The molecule has 0 atom stereocenters. The van der Waals surface area contributed by atoms with Crippen molar-refractivity contribution in [3.05, 3.63) is 72.2 Å². The SMILES string of the molecule is N#Cc1cccc(Nc2ccnc(N3CCN(c4ccccc4F)CC3)n2)c1. The highest BCUT2D eigenvalue weighted by Gasteiger charge is 2.21. The Morgan fingerprint density at radius 2 is 1.75 bits per heavy atom. The van der Waals surface area contributed by atoms with Gasteiger partial charge in [0.05, 0.1) is 17.3 Å². The number of nitrogens with zero attached hydrogens (tertiary/aromatic N) is 5. The van der Waals surface area contributed by atoms with Gasteiger partial charge in [0.25, 0.3) is 0 Å². The average Bonchev–Trinajstić information content (AvgIpc) is 2.75. The number of piperazine rings is 1. The lowest BCUT2D eigenvalue weighted by Gasteiger charge is -2.36. The number of nitriles is 1. The van der Waals surface area contributed by atoms with Crippen LogP contribution < -0.4 is 15.1 Å². The van der Waals surface area contributed by atoms with Gasteiger partial charge in [-0.2, -0.15) is 10.2 Å². The molecule has 1 aromatic heterocycles. The summed E-state index contributed by atoms with van der Waals surface area (Å²) in [7, 11) is 0.